The Morgan fingerprint density at radius 1 is 1.50 bits per heavy atom. The summed E-state index contributed by atoms with van der Waals surface area (Å²) in [7, 11) is 0. The largest absolute Gasteiger partial charge is 0.357 e. The third kappa shape index (κ3) is 1.93. The van der Waals surface area contributed by atoms with Crippen LogP contribution in [0.15, 0.2) is 11.6 Å². The van der Waals surface area contributed by atoms with Crippen molar-refractivity contribution < 1.29 is 0 Å². The van der Waals surface area contributed by atoms with Crippen molar-refractivity contribution >= 4 is 16.5 Å². The van der Waals surface area contributed by atoms with Crippen LogP contribution in [0.1, 0.15) is 17.0 Å². The van der Waals surface area contributed by atoms with Crippen LogP contribution in [0.5, 0.6) is 0 Å². The van der Waals surface area contributed by atoms with Crippen molar-refractivity contribution in [2.45, 2.75) is 20.4 Å². The van der Waals surface area contributed by atoms with E-state index in [1.807, 2.05) is 25.4 Å². The number of nitrogens with one attached hydrogen (secondary N) is 2. The highest BCUT2D eigenvalue weighted by Crippen LogP contribution is 2.15. The number of thiazole rings is 1. The fourth-order valence-corrected chi connectivity index (χ4v) is 1.85. The van der Waals surface area contributed by atoms with Gasteiger partial charge in [-0.15, -0.1) is 11.3 Å². The lowest BCUT2D eigenvalue weighted by atomic mass is 10.3. The normalized spacial score (nSPS) is 10.4. The lowest BCUT2D eigenvalue weighted by Gasteiger charge is -2.00. The van der Waals surface area contributed by atoms with Crippen LogP contribution in [-0.4, -0.2) is 15.2 Å². The number of aromatic nitrogens is 3. The summed E-state index contributed by atoms with van der Waals surface area (Å²) in [5, 5.41) is 13.1. The van der Waals surface area contributed by atoms with Gasteiger partial charge in [0.15, 0.2) is 5.13 Å². The number of hydrogen-bond acceptors (Lipinski definition) is 4. The molecule has 74 valence electrons. The SMILES string of the molecule is Cc1csc(NCc2cn[nH]c2C)n1. The Kier molecular flexibility index (Phi) is 2.49. The number of rotatable bonds is 3. The molecular weight excluding hydrogens is 196 g/mol. The molecule has 2 N–H and O–H groups in total. The molecule has 0 aliphatic rings. The van der Waals surface area contributed by atoms with E-state index in [0.29, 0.717) is 0 Å². The van der Waals surface area contributed by atoms with E-state index < -0.39 is 0 Å². The van der Waals surface area contributed by atoms with E-state index in [4.69, 9.17) is 0 Å². The molecular formula is C9H12N4S. The molecule has 0 aliphatic heterocycles. The molecule has 0 saturated heterocycles. The van der Waals surface area contributed by atoms with Gasteiger partial charge < -0.3 is 5.32 Å². The highest BCUT2D eigenvalue weighted by atomic mass is 32.1. The van der Waals surface area contributed by atoms with Crippen molar-refractivity contribution in [1.29, 1.82) is 0 Å². The van der Waals surface area contributed by atoms with E-state index in [2.05, 4.69) is 20.5 Å². The van der Waals surface area contributed by atoms with Crippen LogP contribution in [0.4, 0.5) is 5.13 Å². The molecule has 0 amide bonds. The van der Waals surface area contributed by atoms with Crippen LogP contribution < -0.4 is 5.32 Å². The van der Waals surface area contributed by atoms with Gasteiger partial charge in [-0.05, 0) is 13.8 Å². The average molecular weight is 208 g/mol. The monoisotopic (exact) mass is 208 g/mol. The highest BCUT2D eigenvalue weighted by molar-refractivity contribution is 7.13. The number of aryl methyl sites for hydroxylation is 2. The topological polar surface area (TPSA) is 53.6 Å². The first-order valence-electron chi connectivity index (χ1n) is 4.40. The zero-order chi connectivity index (χ0) is 9.97. The van der Waals surface area contributed by atoms with Crippen LogP contribution in [0.3, 0.4) is 0 Å². The first-order chi connectivity index (χ1) is 6.75. The summed E-state index contributed by atoms with van der Waals surface area (Å²) in [4.78, 5) is 4.32. The van der Waals surface area contributed by atoms with Crippen LogP contribution >= 0.6 is 11.3 Å². The summed E-state index contributed by atoms with van der Waals surface area (Å²) in [6.45, 7) is 4.77. The van der Waals surface area contributed by atoms with E-state index in [1.165, 1.54) is 5.56 Å². The molecule has 0 radical (unpaired) electrons. The van der Waals surface area contributed by atoms with Gasteiger partial charge in [0.2, 0.25) is 0 Å². The Morgan fingerprint density at radius 3 is 2.93 bits per heavy atom. The highest BCUT2D eigenvalue weighted by Gasteiger charge is 2.01. The van der Waals surface area contributed by atoms with Gasteiger partial charge in [0.1, 0.15) is 0 Å². The molecule has 0 saturated carbocycles. The van der Waals surface area contributed by atoms with Gasteiger partial charge in [0, 0.05) is 23.2 Å². The van der Waals surface area contributed by atoms with E-state index in [-0.39, 0.29) is 0 Å². The van der Waals surface area contributed by atoms with E-state index in [1.54, 1.807) is 11.3 Å². The number of anilines is 1. The summed E-state index contributed by atoms with van der Waals surface area (Å²) in [5.74, 6) is 0. The summed E-state index contributed by atoms with van der Waals surface area (Å²) in [5.41, 5.74) is 3.34. The summed E-state index contributed by atoms with van der Waals surface area (Å²) in [6, 6.07) is 0. The minimum absolute atomic E-state index is 0.773. The second kappa shape index (κ2) is 3.79. The first-order valence-corrected chi connectivity index (χ1v) is 5.28. The minimum Gasteiger partial charge on any atom is -0.357 e. The molecule has 0 aliphatic carbocycles. The maximum absolute atomic E-state index is 4.32. The standard InChI is InChI=1S/C9H12N4S/c1-6-5-14-9(12-6)10-3-8-4-11-13-7(8)2/h4-5H,3H2,1-2H3,(H,10,12)(H,11,13). The van der Waals surface area contributed by atoms with Crippen LogP contribution in [0, 0.1) is 13.8 Å². The predicted molar refractivity (Wildman–Crippen MR) is 57.5 cm³/mol. The molecule has 0 aromatic carbocycles. The molecule has 14 heavy (non-hydrogen) atoms. The van der Waals surface area contributed by atoms with E-state index in [0.717, 1.165) is 23.1 Å². The van der Waals surface area contributed by atoms with Crippen LogP contribution in [-0.2, 0) is 6.54 Å². The van der Waals surface area contributed by atoms with Crippen molar-refractivity contribution in [2.24, 2.45) is 0 Å². The fourth-order valence-electron chi connectivity index (χ4n) is 1.16. The Morgan fingerprint density at radius 2 is 2.36 bits per heavy atom. The summed E-state index contributed by atoms with van der Waals surface area (Å²) < 4.78 is 0. The second-order valence-corrected chi connectivity index (χ2v) is 4.03. The molecule has 2 heterocycles. The minimum atomic E-state index is 0.773. The molecule has 4 nitrogen and oxygen atoms in total. The Bertz CT molecular complexity index is 418. The first kappa shape index (κ1) is 9.21. The maximum atomic E-state index is 4.32. The molecule has 0 atom stereocenters. The van der Waals surface area contributed by atoms with Crippen molar-refractivity contribution in [2.75, 3.05) is 5.32 Å². The van der Waals surface area contributed by atoms with Gasteiger partial charge in [-0.2, -0.15) is 5.10 Å². The van der Waals surface area contributed by atoms with Crippen molar-refractivity contribution in [1.82, 2.24) is 15.2 Å². The molecule has 2 rings (SSSR count). The quantitative estimate of drug-likeness (QED) is 0.812. The number of aromatic amines is 1. The molecule has 0 unspecified atom stereocenters. The van der Waals surface area contributed by atoms with Crippen molar-refractivity contribution in [3.63, 3.8) is 0 Å². The number of nitrogens with zero attached hydrogens (tertiary/aromatic N) is 2. The lowest BCUT2D eigenvalue weighted by molar-refractivity contribution is 1.04. The van der Waals surface area contributed by atoms with E-state index in [9.17, 15) is 0 Å². The molecule has 0 spiro atoms. The third-order valence-electron chi connectivity index (χ3n) is 1.98. The van der Waals surface area contributed by atoms with Crippen molar-refractivity contribution in [3.05, 3.63) is 28.5 Å². The molecule has 5 heteroatoms. The maximum Gasteiger partial charge on any atom is 0.183 e. The van der Waals surface area contributed by atoms with Crippen LogP contribution in [0.25, 0.3) is 0 Å². The number of H-pyrrole nitrogens is 1. The number of hydrogen-bond donors (Lipinski definition) is 2. The molecule has 2 aromatic heterocycles. The predicted octanol–water partition coefficient (Wildman–Crippen LogP) is 2.10. The van der Waals surface area contributed by atoms with E-state index >= 15 is 0 Å². The third-order valence-corrected chi connectivity index (χ3v) is 2.90. The van der Waals surface area contributed by atoms with Gasteiger partial charge in [0.05, 0.1) is 11.9 Å². The van der Waals surface area contributed by atoms with Gasteiger partial charge >= 0.3 is 0 Å². The summed E-state index contributed by atoms with van der Waals surface area (Å²) >= 11 is 1.62. The zero-order valence-electron chi connectivity index (χ0n) is 8.16. The Balaban J connectivity index is 1.98. The molecule has 0 fully saturated rings. The van der Waals surface area contributed by atoms with Gasteiger partial charge in [-0.25, -0.2) is 4.98 Å². The average Bonchev–Trinajstić information content (AvgIpc) is 2.72. The second-order valence-electron chi connectivity index (χ2n) is 3.17. The molecule has 2 aromatic rings. The lowest BCUT2D eigenvalue weighted by Crippen LogP contribution is -1.99. The Hall–Kier alpha value is -1.36. The summed E-state index contributed by atoms with van der Waals surface area (Å²) in [6.07, 6.45) is 1.84. The van der Waals surface area contributed by atoms with Gasteiger partial charge in [0.25, 0.3) is 0 Å². The molecule has 0 bridgehead atoms. The van der Waals surface area contributed by atoms with Gasteiger partial charge in [-0.1, -0.05) is 0 Å². The smallest absolute Gasteiger partial charge is 0.183 e. The van der Waals surface area contributed by atoms with Crippen molar-refractivity contribution in [3.8, 4) is 0 Å². The van der Waals surface area contributed by atoms with Gasteiger partial charge in [-0.3, -0.25) is 5.10 Å². The Labute approximate surface area is 86.4 Å². The zero-order valence-corrected chi connectivity index (χ0v) is 8.98. The van der Waals surface area contributed by atoms with Crippen LogP contribution in [0.2, 0.25) is 0 Å². The fraction of sp³-hybridized carbons (Fsp3) is 0.333.